The van der Waals surface area contributed by atoms with Crippen molar-refractivity contribution < 1.29 is 0 Å². The van der Waals surface area contributed by atoms with Crippen LogP contribution in [0.4, 0.5) is 0 Å². The molecule has 84 valence electrons. The van der Waals surface area contributed by atoms with Gasteiger partial charge in [0.2, 0.25) is 0 Å². The third-order valence-electron chi connectivity index (χ3n) is 3.23. The Bertz CT molecular complexity index is 329. The van der Waals surface area contributed by atoms with E-state index < -0.39 is 0 Å². The van der Waals surface area contributed by atoms with Crippen molar-refractivity contribution in [1.29, 1.82) is 0 Å². The summed E-state index contributed by atoms with van der Waals surface area (Å²) in [4.78, 5) is 0. The van der Waals surface area contributed by atoms with Crippen molar-refractivity contribution in [3.05, 3.63) is 35.4 Å². The maximum absolute atomic E-state index is 5.78. The van der Waals surface area contributed by atoms with Gasteiger partial charge in [-0.05, 0) is 29.9 Å². The molecule has 0 aromatic heterocycles. The molecule has 0 heterocycles. The van der Waals surface area contributed by atoms with Gasteiger partial charge in [-0.15, -0.1) is 12.4 Å². The number of halogens is 1. The summed E-state index contributed by atoms with van der Waals surface area (Å²) in [6.07, 6.45) is 2.74. The summed E-state index contributed by atoms with van der Waals surface area (Å²) >= 11 is 0. The van der Waals surface area contributed by atoms with Crippen molar-refractivity contribution in [2.45, 2.75) is 38.0 Å². The van der Waals surface area contributed by atoms with Gasteiger partial charge in [0.25, 0.3) is 0 Å². The molecule has 2 N–H and O–H groups in total. The van der Waals surface area contributed by atoms with Gasteiger partial charge < -0.3 is 5.73 Å². The van der Waals surface area contributed by atoms with Crippen LogP contribution in [0.5, 0.6) is 0 Å². The average Bonchev–Trinajstić information content (AvgIpc) is 3.01. The second-order valence-corrected chi connectivity index (χ2v) is 4.99. The van der Waals surface area contributed by atoms with E-state index in [2.05, 4.69) is 38.1 Å². The lowest BCUT2D eigenvalue weighted by atomic mass is 9.84. The predicted octanol–water partition coefficient (Wildman–Crippen LogP) is 3.22. The van der Waals surface area contributed by atoms with Crippen LogP contribution in [0.2, 0.25) is 0 Å². The minimum absolute atomic E-state index is 0. The normalized spacial score (nSPS) is 15.9. The molecule has 0 aliphatic heterocycles. The lowest BCUT2D eigenvalue weighted by Crippen LogP contribution is -2.28. The largest absolute Gasteiger partial charge is 0.330 e. The quantitative estimate of drug-likeness (QED) is 0.840. The Kier molecular flexibility index (Phi) is 3.80. The topological polar surface area (TPSA) is 26.0 Å². The Morgan fingerprint density at radius 3 is 2.53 bits per heavy atom. The summed E-state index contributed by atoms with van der Waals surface area (Å²) in [5, 5.41) is 0. The van der Waals surface area contributed by atoms with Crippen LogP contribution in [0.1, 0.15) is 43.7 Å². The second-order valence-electron chi connectivity index (χ2n) is 4.99. The summed E-state index contributed by atoms with van der Waals surface area (Å²) < 4.78 is 0. The number of hydrogen-bond acceptors (Lipinski definition) is 1. The summed E-state index contributed by atoms with van der Waals surface area (Å²) in [6, 6.07) is 8.94. The van der Waals surface area contributed by atoms with Crippen LogP contribution in [0, 0.1) is 0 Å². The third-order valence-corrected chi connectivity index (χ3v) is 3.23. The van der Waals surface area contributed by atoms with Gasteiger partial charge >= 0.3 is 0 Å². The standard InChI is InChI=1S/C13H19N.ClH/c1-13(2,9-14)12-5-3-4-11(8-12)10-6-7-10;/h3-5,8,10H,6-7,9,14H2,1-2H3;1H. The van der Waals surface area contributed by atoms with E-state index in [0.29, 0.717) is 6.54 Å². The fourth-order valence-corrected chi connectivity index (χ4v) is 1.75. The molecule has 1 aromatic carbocycles. The minimum Gasteiger partial charge on any atom is -0.330 e. The summed E-state index contributed by atoms with van der Waals surface area (Å²) in [5.41, 5.74) is 8.78. The van der Waals surface area contributed by atoms with E-state index in [-0.39, 0.29) is 17.8 Å². The molecule has 1 saturated carbocycles. The fourth-order valence-electron chi connectivity index (χ4n) is 1.75. The molecule has 1 aromatic rings. The number of rotatable bonds is 3. The Hall–Kier alpha value is -0.530. The first-order chi connectivity index (χ1) is 6.63. The smallest absolute Gasteiger partial charge is 0.00191 e. The van der Waals surface area contributed by atoms with Crippen LogP contribution in [-0.2, 0) is 5.41 Å². The van der Waals surface area contributed by atoms with Gasteiger partial charge in [0.1, 0.15) is 0 Å². The van der Waals surface area contributed by atoms with E-state index >= 15 is 0 Å². The SMILES string of the molecule is CC(C)(CN)c1cccc(C2CC2)c1.Cl. The van der Waals surface area contributed by atoms with E-state index in [4.69, 9.17) is 5.73 Å². The van der Waals surface area contributed by atoms with Crippen LogP contribution >= 0.6 is 12.4 Å². The number of hydrogen-bond donors (Lipinski definition) is 1. The van der Waals surface area contributed by atoms with Gasteiger partial charge in [-0.2, -0.15) is 0 Å². The molecule has 0 bridgehead atoms. The molecule has 0 atom stereocenters. The van der Waals surface area contributed by atoms with Crippen molar-refractivity contribution in [3.8, 4) is 0 Å². The summed E-state index contributed by atoms with van der Waals surface area (Å²) in [5.74, 6) is 0.837. The van der Waals surface area contributed by atoms with Gasteiger partial charge in [0.15, 0.2) is 0 Å². The van der Waals surface area contributed by atoms with Crippen LogP contribution in [0.15, 0.2) is 24.3 Å². The maximum Gasteiger partial charge on any atom is 0.00191 e. The molecule has 0 spiro atoms. The van der Waals surface area contributed by atoms with Gasteiger partial charge in [-0.1, -0.05) is 38.1 Å². The molecular weight excluding hydrogens is 206 g/mol. The molecular formula is C13H20ClN. The van der Waals surface area contributed by atoms with Gasteiger partial charge in [0, 0.05) is 12.0 Å². The van der Waals surface area contributed by atoms with E-state index in [0.717, 1.165) is 5.92 Å². The Balaban J connectivity index is 0.00000112. The zero-order valence-corrected chi connectivity index (χ0v) is 10.3. The molecule has 0 unspecified atom stereocenters. The van der Waals surface area contributed by atoms with Crippen molar-refractivity contribution in [2.24, 2.45) is 5.73 Å². The molecule has 1 aliphatic carbocycles. The molecule has 1 nitrogen and oxygen atoms in total. The summed E-state index contributed by atoms with van der Waals surface area (Å²) in [7, 11) is 0. The summed E-state index contributed by atoms with van der Waals surface area (Å²) in [6.45, 7) is 5.12. The van der Waals surface area contributed by atoms with E-state index in [1.165, 1.54) is 24.0 Å². The number of benzene rings is 1. The van der Waals surface area contributed by atoms with Gasteiger partial charge in [0.05, 0.1) is 0 Å². The molecule has 2 heteroatoms. The van der Waals surface area contributed by atoms with Crippen molar-refractivity contribution in [3.63, 3.8) is 0 Å². The predicted molar refractivity (Wildman–Crippen MR) is 67.7 cm³/mol. The maximum atomic E-state index is 5.78. The molecule has 2 rings (SSSR count). The highest BCUT2D eigenvalue weighted by molar-refractivity contribution is 5.85. The molecule has 15 heavy (non-hydrogen) atoms. The van der Waals surface area contributed by atoms with Gasteiger partial charge in [-0.25, -0.2) is 0 Å². The van der Waals surface area contributed by atoms with Crippen LogP contribution in [-0.4, -0.2) is 6.54 Å². The van der Waals surface area contributed by atoms with E-state index in [1.807, 2.05) is 0 Å². The van der Waals surface area contributed by atoms with E-state index in [9.17, 15) is 0 Å². The highest BCUT2D eigenvalue weighted by Crippen LogP contribution is 2.41. The Labute approximate surface area is 98.5 Å². The van der Waals surface area contributed by atoms with Crippen LogP contribution < -0.4 is 5.73 Å². The van der Waals surface area contributed by atoms with Crippen LogP contribution in [0.25, 0.3) is 0 Å². The first-order valence-electron chi connectivity index (χ1n) is 5.44. The molecule has 0 amide bonds. The fraction of sp³-hybridized carbons (Fsp3) is 0.538. The Morgan fingerprint density at radius 2 is 2.00 bits per heavy atom. The van der Waals surface area contributed by atoms with E-state index in [1.54, 1.807) is 0 Å². The highest BCUT2D eigenvalue weighted by Gasteiger charge is 2.25. The molecule has 1 fully saturated rings. The lowest BCUT2D eigenvalue weighted by molar-refractivity contribution is 0.538. The van der Waals surface area contributed by atoms with Crippen molar-refractivity contribution in [2.75, 3.05) is 6.54 Å². The average molecular weight is 226 g/mol. The first-order valence-corrected chi connectivity index (χ1v) is 5.44. The Morgan fingerprint density at radius 1 is 1.33 bits per heavy atom. The number of nitrogens with two attached hydrogens (primary N) is 1. The molecule has 1 aliphatic rings. The zero-order valence-electron chi connectivity index (χ0n) is 9.49. The monoisotopic (exact) mass is 225 g/mol. The molecule has 0 saturated heterocycles. The second kappa shape index (κ2) is 4.54. The lowest BCUT2D eigenvalue weighted by Gasteiger charge is -2.23. The third kappa shape index (κ3) is 2.73. The van der Waals surface area contributed by atoms with Gasteiger partial charge in [-0.3, -0.25) is 0 Å². The first kappa shape index (κ1) is 12.5. The molecule has 0 radical (unpaired) electrons. The minimum atomic E-state index is 0. The van der Waals surface area contributed by atoms with Crippen LogP contribution in [0.3, 0.4) is 0 Å². The zero-order chi connectivity index (χ0) is 10.2. The highest BCUT2D eigenvalue weighted by atomic mass is 35.5. The van der Waals surface area contributed by atoms with Crippen molar-refractivity contribution >= 4 is 12.4 Å². The van der Waals surface area contributed by atoms with Crippen molar-refractivity contribution in [1.82, 2.24) is 0 Å².